The summed E-state index contributed by atoms with van der Waals surface area (Å²) in [7, 11) is 0. The molecule has 1 aliphatic rings. The third-order valence-corrected chi connectivity index (χ3v) is 4.43. The van der Waals surface area contributed by atoms with Crippen LogP contribution in [0.25, 0.3) is 0 Å². The summed E-state index contributed by atoms with van der Waals surface area (Å²) in [5, 5.41) is 10.3. The average Bonchev–Trinajstić information content (AvgIpc) is 2.87. The number of nitrogens with zero attached hydrogens (tertiary/aromatic N) is 1. The van der Waals surface area contributed by atoms with Gasteiger partial charge in [-0.2, -0.15) is 0 Å². The highest BCUT2D eigenvalue weighted by Gasteiger charge is 2.42. The lowest BCUT2D eigenvalue weighted by atomic mass is 9.95. The van der Waals surface area contributed by atoms with Gasteiger partial charge in [0.15, 0.2) is 11.5 Å². The van der Waals surface area contributed by atoms with E-state index in [0.29, 0.717) is 13.2 Å². The first-order valence-electron chi connectivity index (χ1n) is 9.05. The summed E-state index contributed by atoms with van der Waals surface area (Å²) >= 11 is 0. The third kappa shape index (κ3) is 4.03. The summed E-state index contributed by atoms with van der Waals surface area (Å²) in [4.78, 5) is 26.5. The molecule has 0 bridgehead atoms. The minimum atomic E-state index is -0.521. The molecule has 5 heteroatoms. The Kier molecular flexibility index (Phi) is 6.62. The molecule has 2 rings (SSSR count). The van der Waals surface area contributed by atoms with Crippen LogP contribution in [0.4, 0.5) is 0 Å². The summed E-state index contributed by atoms with van der Waals surface area (Å²) in [5.41, 5.74) is 1.03. The van der Waals surface area contributed by atoms with Crippen molar-refractivity contribution < 1.29 is 19.4 Å². The Hall–Kier alpha value is -2.30. The maximum Gasteiger partial charge on any atom is 0.290 e. The number of carbonyl (C=O) groups excluding carboxylic acids is 2. The van der Waals surface area contributed by atoms with Gasteiger partial charge in [0.25, 0.3) is 5.91 Å². The maximum absolute atomic E-state index is 12.5. The standard InChI is InChI=1S/C20H27NO4/c1-4-7-8-13-21-18(14-9-11-15(12-10-14)25-6-3)17(16(22)5-2)19(23)20(21)24/h9-12,18,23H,4-8,13H2,1-3H3. The number of aliphatic hydroxyl groups excluding tert-OH is 1. The zero-order chi connectivity index (χ0) is 18.4. The molecule has 5 nitrogen and oxygen atoms in total. The summed E-state index contributed by atoms with van der Waals surface area (Å²) in [5.74, 6) is -0.304. The predicted octanol–water partition coefficient (Wildman–Crippen LogP) is 3.95. The van der Waals surface area contributed by atoms with Gasteiger partial charge in [-0.3, -0.25) is 9.59 Å². The molecular formula is C20H27NO4. The molecule has 1 aliphatic heterocycles. The Morgan fingerprint density at radius 3 is 2.40 bits per heavy atom. The van der Waals surface area contributed by atoms with Crippen LogP contribution in [0, 0.1) is 0 Å². The second-order valence-corrected chi connectivity index (χ2v) is 6.15. The van der Waals surface area contributed by atoms with Crippen molar-refractivity contribution in [3.05, 3.63) is 41.2 Å². The quantitative estimate of drug-likeness (QED) is 0.688. The Balaban J connectivity index is 2.37. The summed E-state index contributed by atoms with van der Waals surface area (Å²) < 4.78 is 5.46. The monoisotopic (exact) mass is 345 g/mol. The largest absolute Gasteiger partial charge is 0.503 e. The molecule has 0 aromatic heterocycles. The van der Waals surface area contributed by atoms with Gasteiger partial charge < -0.3 is 14.7 Å². The van der Waals surface area contributed by atoms with E-state index in [9.17, 15) is 14.7 Å². The maximum atomic E-state index is 12.5. The minimum Gasteiger partial charge on any atom is -0.503 e. The van der Waals surface area contributed by atoms with Crippen molar-refractivity contribution in [2.24, 2.45) is 0 Å². The molecule has 25 heavy (non-hydrogen) atoms. The van der Waals surface area contributed by atoms with Crippen molar-refractivity contribution >= 4 is 11.7 Å². The predicted molar refractivity (Wildman–Crippen MR) is 96.5 cm³/mol. The normalized spacial score (nSPS) is 17.3. The van der Waals surface area contributed by atoms with E-state index in [1.165, 1.54) is 0 Å². The molecule has 0 aliphatic carbocycles. The van der Waals surface area contributed by atoms with Crippen molar-refractivity contribution in [3.8, 4) is 5.75 Å². The number of rotatable bonds is 9. The fourth-order valence-electron chi connectivity index (χ4n) is 3.15. The second-order valence-electron chi connectivity index (χ2n) is 6.15. The number of ketones is 1. The minimum absolute atomic E-state index is 0.192. The number of ether oxygens (including phenoxy) is 1. The molecule has 1 unspecified atom stereocenters. The van der Waals surface area contributed by atoms with Gasteiger partial charge in [0.1, 0.15) is 5.75 Å². The van der Waals surface area contributed by atoms with Crippen LogP contribution >= 0.6 is 0 Å². The van der Waals surface area contributed by atoms with Crippen LogP contribution in [-0.4, -0.2) is 34.8 Å². The summed E-state index contributed by atoms with van der Waals surface area (Å²) in [6, 6.07) is 6.86. The van der Waals surface area contributed by atoms with E-state index in [4.69, 9.17) is 4.74 Å². The van der Waals surface area contributed by atoms with Crippen LogP contribution in [0.1, 0.15) is 58.1 Å². The molecule has 1 heterocycles. The lowest BCUT2D eigenvalue weighted by Crippen LogP contribution is -2.32. The van der Waals surface area contributed by atoms with Gasteiger partial charge in [-0.25, -0.2) is 0 Å². The molecule has 1 N–H and O–H groups in total. The van der Waals surface area contributed by atoms with Gasteiger partial charge in [0.05, 0.1) is 18.2 Å². The Labute approximate surface area is 149 Å². The molecule has 1 aromatic carbocycles. The molecule has 136 valence electrons. The number of Topliss-reactive ketones (excluding diaryl/α,β-unsaturated/α-hetero) is 1. The van der Waals surface area contributed by atoms with E-state index in [-0.39, 0.29) is 17.8 Å². The lowest BCUT2D eigenvalue weighted by Gasteiger charge is -2.27. The molecule has 0 spiro atoms. The number of benzene rings is 1. The number of unbranched alkanes of at least 4 members (excludes halogenated alkanes) is 2. The SMILES string of the molecule is CCCCCN1C(=O)C(O)=C(C(=O)CC)C1c1ccc(OCC)cc1. The number of aliphatic hydroxyl groups is 1. The van der Waals surface area contributed by atoms with E-state index >= 15 is 0 Å². The molecule has 0 fully saturated rings. The van der Waals surface area contributed by atoms with Crippen molar-refractivity contribution in [2.45, 2.75) is 52.5 Å². The Morgan fingerprint density at radius 1 is 1.16 bits per heavy atom. The highest BCUT2D eigenvalue weighted by Crippen LogP contribution is 2.38. The van der Waals surface area contributed by atoms with Crippen LogP contribution in [0.5, 0.6) is 5.75 Å². The number of hydrogen-bond acceptors (Lipinski definition) is 4. The van der Waals surface area contributed by atoms with E-state index < -0.39 is 17.7 Å². The second kappa shape index (κ2) is 8.70. The first kappa shape index (κ1) is 19.0. The molecule has 0 saturated heterocycles. The zero-order valence-electron chi connectivity index (χ0n) is 15.2. The van der Waals surface area contributed by atoms with Crippen molar-refractivity contribution in [1.29, 1.82) is 0 Å². The van der Waals surface area contributed by atoms with E-state index in [1.807, 2.05) is 31.2 Å². The smallest absolute Gasteiger partial charge is 0.290 e. The van der Waals surface area contributed by atoms with Crippen LogP contribution < -0.4 is 4.74 Å². The molecule has 1 atom stereocenters. The third-order valence-electron chi connectivity index (χ3n) is 4.43. The van der Waals surface area contributed by atoms with Crippen LogP contribution in [-0.2, 0) is 9.59 Å². The summed E-state index contributed by atoms with van der Waals surface area (Å²) in [6.45, 7) is 6.84. The van der Waals surface area contributed by atoms with Gasteiger partial charge in [-0.1, -0.05) is 38.8 Å². The van der Waals surface area contributed by atoms with Crippen molar-refractivity contribution in [1.82, 2.24) is 4.90 Å². The molecule has 0 radical (unpaired) electrons. The van der Waals surface area contributed by atoms with Gasteiger partial charge in [0.2, 0.25) is 0 Å². The lowest BCUT2D eigenvalue weighted by molar-refractivity contribution is -0.129. The van der Waals surface area contributed by atoms with Crippen LogP contribution in [0.3, 0.4) is 0 Å². The first-order chi connectivity index (χ1) is 12.0. The van der Waals surface area contributed by atoms with Crippen molar-refractivity contribution in [3.63, 3.8) is 0 Å². The van der Waals surface area contributed by atoms with E-state index in [1.54, 1.807) is 11.8 Å². The van der Waals surface area contributed by atoms with Crippen LogP contribution in [0.2, 0.25) is 0 Å². The van der Waals surface area contributed by atoms with Gasteiger partial charge >= 0.3 is 0 Å². The zero-order valence-corrected chi connectivity index (χ0v) is 15.2. The summed E-state index contributed by atoms with van der Waals surface area (Å²) in [6.07, 6.45) is 3.13. The topological polar surface area (TPSA) is 66.8 Å². The number of carbonyl (C=O) groups is 2. The highest BCUT2D eigenvalue weighted by atomic mass is 16.5. The number of amides is 1. The van der Waals surface area contributed by atoms with E-state index in [0.717, 1.165) is 30.6 Å². The van der Waals surface area contributed by atoms with Crippen LogP contribution in [0.15, 0.2) is 35.6 Å². The number of hydrogen-bond donors (Lipinski definition) is 1. The Bertz CT molecular complexity index is 648. The fraction of sp³-hybridized carbons (Fsp3) is 0.500. The van der Waals surface area contributed by atoms with Gasteiger partial charge in [-0.05, 0) is 31.0 Å². The van der Waals surface area contributed by atoms with Crippen molar-refractivity contribution in [2.75, 3.05) is 13.2 Å². The molecular weight excluding hydrogens is 318 g/mol. The Morgan fingerprint density at radius 2 is 1.84 bits per heavy atom. The van der Waals surface area contributed by atoms with E-state index in [2.05, 4.69) is 6.92 Å². The fourth-order valence-corrected chi connectivity index (χ4v) is 3.15. The van der Waals surface area contributed by atoms with Gasteiger partial charge in [-0.15, -0.1) is 0 Å². The average molecular weight is 345 g/mol. The highest BCUT2D eigenvalue weighted by molar-refractivity contribution is 6.08. The first-order valence-corrected chi connectivity index (χ1v) is 9.05. The molecule has 1 amide bonds. The molecule has 1 aromatic rings. The molecule has 0 saturated carbocycles. The van der Waals surface area contributed by atoms with Gasteiger partial charge in [0, 0.05) is 13.0 Å².